The van der Waals surface area contributed by atoms with E-state index >= 15 is 0 Å². The Labute approximate surface area is 132 Å². The maximum atomic E-state index is 12.6. The summed E-state index contributed by atoms with van der Waals surface area (Å²) in [6.07, 6.45) is 1.76. The fraction of sp³-hybridized carbons (Fsp3) is 0.364. The number of nitrogen functional groups attached to an aromatic ring is 2. The summed E-state index contributed by atoms with van der Waals surface area (Å²) >= 11 is 1.26. The monoisotopic (exact) mass is 343 g/mol. The number of anilines is 3. The standard InChI is InChI=1S/C11H17N7O2S2/c1-5-8(6(2)18(3)16-5)22(19,20)17-7-9(12)14-11(21-4)15-10(7)13/h17H,1-4H3,(H4,12,13,14,15). The average Bonchev–Trinajstić information content (AvgIpc) is 2.67. The van der Waals surface area contributed by atoms with E-state index < -0.39 is 10.0 Å². The third kappa shape index (κ3) is 2.81. The minimum absolute atomic E-state index is 0.0274. The molecule has 0 aliphatic heterocycles. The highest BCUT2D eigenvalue weighted by Crippen LogP contribution is 2.29. The van der Waals surface area contributed by atoms with E-state index in [0.29, 0.717) is 16.5 Å². The number of thioether (sulfide) groups is 1. The lowest BCUT2D eigenvalue weighted by Gasteiger charge is -2.12. The smallest absolute Gasteiger partial charge is 0.265 e. The number of nitrogens with one attached hydrogen (secondary N) is 1. The van der Waals surface area contributed by atoms with Crippen LogP contribution in [0.1, 0.15) is 11.4 Å². The first-order valence-electron chi connectivity index (χ1n) is 6.17. The summed E-state index contributed by atoms with van der Waals surface area (Å²) in [4.78, 5) is 8.05. The highest BCUT2D eigenvalue weighted by atomic mass is 32.2. The molecule has 0 amide bonds. The Morgan fingerprint density at radius 3 is 2.14 bits per heavy atom. The molecule has 0 aliphatic rings. The van der Waals surface area contributed by atoms with Crippen LogP contribution >= 0.6 is 11.8 Å². The van der Waals surface area contributed by atoms with Gasteiger partial charge >= 0.3 is 0 Å². The number of nitrogens with two attached hydrogens (primary N) is 2. The summed E-state index contributed by atoms with van der Waals surface area (Å²) in [6.45, 7) is 3.27. The van der Waals surface area contributed by atoms with Crippen molar-refractivity contribution in [3.63, 3.8) is 0 Å². The quantitative estimate of drug-likeness (QED) is 0.538. The van der Waals surface area contributed by atoms with Crippen LogP contribution < -0.4 is 16.2 Å². The van der Waals surface area contributed by atoms with Crippen LogP contribution in [0, 0.1) is 13.8 Å². The molecule has 2 rings (SSSR count). The summed E-state index contributed by atoms with van der Waals surface area (Å²) < 4.78 is 29.0. The highest BCUT2D eigenvalue weighted by molar-refractivity contribution is 7.98. The van der Waals surface area contributed by atoms with Crippen molar-refractivity contribution in [1.29, 1.82) is 0 Å². The molecule has 0 saturated heterocycles. The fourth-order valence-corrected chi connectivity index (χ4v) is 3.91. The molecule has 0 unspecified atom stereocenters. The van der Waals surface area contributed by atoms with Gasteiger partial charge in [-0.05, 0) is 20.1 Å². The van der Waals surface area contributed by atoms with Gasteiger partial charge in [0.05, 0.1) is 11.4 Å². The molecule has 22 heavy (non-hydrogen) atoms. The molecule has 0 aliphatic carbocycles. The molecule has 2 aromatic rings. The molecule has 0 bridgehead atoms. The van der Waals surface area contributed by atoms with Gasteiger partial charge < -0.3 is 11.5 Å². The molecule has 11 heteroatoms. The second-order valence-electron chi connectivity index (χ2n) is 4.58. The molecule has 0 spiro atoms. The van der Waals surface area contributed by atoms with Crippen LogP contribution in [0.15, 0.2) is 10.1 Å². The summed E-state index contributed by atoms with van der Waals surface area (Å²) in [5.74, 6) is -0.0563. The van der Waals surface area contributed by atoms with Gasteiger partial charge in [-0.15, -0.1) is 0 Å². The van der Waals surface area contributed by atoms with Crippen LogP contribution in [0.3, 0.4) is 0 Å². The molecular formula is C11H17N7O2S2. The van der Waals surface area contributed by atoms with Crippen molar-refractivity contribution in [2.45, 2.75) is 23.9 Å². The summed E-state index contributed by atoms with van der Waals surface area (Å²) in [6, 6.07) is 0. The average molecular weight is 343 g/mol. The molecule has 2 heterocycles. The lowest BCUT2D eigenvalue weighted by atomic mass is 10.4. The van der Waals surface area contributed by atoms with E-state index in [4.69, 9.17) is 11.5 Å². The zero-order valence-corrected chi connectivity index (χ0v) is 14.2. The third-order valence-corrected chi connectivity index (χ3v) is 5.22. The van der Waals surface area contributed by atoms with Crippen molar-refractivity contribution in [2.24, 2.45) is 7.05 Å². The first-order valence-corrected chi connectivity index (χ1v) is 8.88. The Balaban J connectivity index is 2.50. The van der Waals surface area contributed by atoms with Gasteiger partial charge in [-0.2, -0.15) is 5.10 Å². The lowest BCUT2D eigenvalue weighted by Crippen LogP contribution is -2.18. The Morgan fingerprint density at radius 1 is 1.18 bits per heavy atom. The third-order valence-electron chi connectivity index (χ3n) is 3.07. The SMILES string of the molecule is CSc1nc(N)c(NS(=O)(=O)c2c(C)nn(C)c2C)c(N)n1. The number of aryl methyl sites for hydroxylation is 2. The van der Waals surface area contributed by atoms with Gasteiger partial charge in [-0.25, -0.2) is 18.4 Å². The van der Waals surface area contributed by atoms with Gasteiger partial charge in [0.15, 0.2) is 16.8 Å². The summed E-state index contributed by atoms with van der Waals surface area (Å²) in [5.41, 5.74) is 12.4. The van der Waals surface area contributed by atoms with E-state index in [1.807, 2.05) is 0 Å². The summed E-state index contributed by atoms with van der Waals surface area (Å²) in [7, 11) is -2.23. The zero-order valence-electron chi connectivity index (χ0n) is 12.6. The molecule has 0 radical (unpaired) electrons. The number of nitrogens with zero attached hydrogens (tertiary/aromatic N) is 4. The number of hydrogen-bond donors (Lipinski definition) is 3. The number of rotatable bonds is 4. The van der Waals surface area contributed by atoms with Crippen molar-refractivity contribution in [1.82, 2.24) is 19.7 Å². The van der Waals surface area contributed by atoms with Crippen LogP contribution in [-0.2, 0) is 17.1 Å². The second kappa shape index (κ2) is 5.65. The minimum atomic E-state index is -3.90. The molecule has 0 atom stereocenters. The van der Waals surface area contributed by atoms with Gasteiger partial charge in [0.1, 0.15) is 10.6 Å². The van der Waals surface area contributed by atoms with Crippen molar-refractivity contribution < 1.29 is 8.42 Å². The van der Waals surface area contributed by atoms with E-state index in [1.165, 1.54) is 16.4 Å². The number of hydrogen-bond acceptors (Lipinski definition) is 8. The fourth-order valence-electron chi connectivity index (χ4n) is 2.00. The van der Waals surface area contributed by atoms with E-state index in [1.54, 1.807) is 27.2 Å². The van der Waals surface area contributed by atoms with Crippen molar-refractivity contribution >= 4 is 39.1 Å². The largest absolute Gasteiger partial charge is 0.382 e. The number of aromatic nitrogens is 4. The Bertz CT molecular complexity index is 806. The van der Waals surface area contributed by atoms with Crippen LogP contribution in [0.25, 0.3) is 0 Å². The second-order valence-corrected chi connectivity index (χ2v) is 6.98. The van der Waals surface area contributed by atoms with Crippen LogP contribution in [0.4, 0.5) is 17.3 Å². The van der Waals surface area contributed by atoms with Gasteiger partial charge in [0, 0.05) is 7.05 Å². The molecule has 9 nitrogen and oxygen atoms in total. The summed E-state index contributed by atoms with van der Waals surface area (Å²) in [5, 5.41) is 4.46. The van der Waals surface area contributed by atoms with E-state index in [-0.39, 0.29) is 22.2 Å². The molecule has 0 fully saturated rings. The Morgan fingerprint density at radius 2 is 1.73 bits per heavy atom. The van der Waals surface area contributed by atoms with Gasteiger partial charge in [-0.1, -0.05) is 11.8 Å². The first kappa shape index (κ1) is 16.4. The molecule has 0 saturated carbocycles. The minimum Gasteiger partial charge on any atom is -0.382 e. The molecular weight excluding hydrogens is 326 g/mol. The predicted molar refractivity (Wildman–Crippen MR) is 86.1 cm³/mol. The highest BCUT2D eigenvalue weighted by Gasteiger charge is 2.26. The molecule has 5 N–H and O–H groups in total. The van der Waals surface area contributed by atoms with Gasteiger partial charge in [0.25, 0.3) is 10.0 Å². The first-order chi connectivity index (χ1) is 10.2. The Kier molecular flexibility index (Phi) is 4.20. The van der Waals surface area contributed by atoms with E-state index in [0.717, 1.165) is 0 Å². The number of sulfonamides is 1. The van der Waals surface area contributed by atoms with Crippen LogP contribution in [0.2, 0.25) is 0 Å². The topological polar surface area (TPSA) is 142 Å². The molecule has 2 aromatic heterocycles. The van der Waals surface area contributed by atoms with Gasteiger partial charge in [0.2, 0.25) is 0 Å². The molecule has 0 aromatic carbocycles. The van der Waals surface area contributed by atoms with Crippen LogP contribution in [-0.4, -0.2) is 34.4 Å². The lowest BCUT2D eigenvalue weighted by molar-refractivity contribution is 0.599. The Hall–Kier alpha value is -2.01. The zero-order chi connectivity index (χ0) is 16.7. The molecule has 120 valence electrons. The van der Waals surface area contributed by atoms with Crippen molar-refractivity contribution in [3.8, 4) is 0 Å². The van der Waals surface area contributed by atoms with Crippen molar-refractivity contribution in [2.75, 3.05) is 22.4 Å². The maximum absolute atomic E-state index is 12.6. The van der Waals surface area contributed by atoms with Crippen LogP contribution in [0.5, 0.6) is 0 Å². The van der Waals surface area contributed by atoms with Crippen molar-refractivity contribution in [3.05, 3.63) is 11.4 Å². The predicted octanol–water partition coefficient (Wildman–Crippen LogP) is 0.514. The van der Waals surface area contributed by atoms with E-state index in [9.17, 15) is 8.42 Å². The normalized spacial score (nSPS) is 11.6. The van der Waals surface area contributed by atoms with Gasteiger partial charge in [-0.3, -0.25) is 9.40 Å². The maximum Gasteiger partial charge on any atom is 0.265 e. The van der Waals surface area contributed by atoms with E-state index in [2.05, 4.69) is 19.8 Å².